The fourth-order valence-electron chi connectivity index (χ4n) is 2.10. The van der Waals surface area contributed by atoms with Crippen molar-refractivity contribution in [1.29, 1.82) is 0 Å². The summed E-state index contributed by atoms with van der Waals surface area (Å²) in [7, 11) is 1.51. The quantitative estimate of drug-likeness (QED) is 0.680. The van der Waals surface area contributed by atoms with E-state index in [2.05, 4.69) is 12.2 Å². The first kappa shape index (κ1) is 16.3. The summed E-state index contributed by atoms with van der Waals surface area (Å²) in [5, 5.41) is 21.5. The number of rotatable bonds is 8. The summed E-state index contributed by atoms with van der Waals surface area (Å²) in [6.07, 6.45) is 2.62. The van der Waals surface area contributed by atoms with Crippen molar-refractivity contribution >= 4 is 5.91 Å². The minimum absolute atomic E-state index is 0.0718. The van der Waals surface area contributed by atoms with Gasteiger partial charge in [-0.15, -0.1) is 0 Å². The van der Waals surface area contributed by atoms with E-state index in [1.807, 2.05) is 0 Å². The van der Waals surface area contributed by atoms with Crippen LogP contribution in [0.3, 0.4) is 0 Å². The zero-order valence-corrected chi connectivity index (χ0v) is 12.1. The van der Waals surface area contributed by atoms with Gasteiger partial charge in [-0.05, 0) is 37.0 Å². The summed E-state index contributed by atoms with van der Waals surface area (Å²) in [6.45, 7) is 2.68. The molecule has 5 nitrogen and oxygen atoms in total. The second kappa shape index (κ2) is 8.43. The Morgan fingerprint density at radius 3 is 2.75 bits per heavy atom. The van der Waals surface area contributed by atoms with E-state index in [0.29, 0.717) is 18.7 Å². The van der Waals surface area contributed by atoms with Gasteiger partial charge in [0.15, 0.2) is 0 Å². The number of ether oxygens (including phenoxy) is 1. The van der Waals surface area contributed by atoms with Crippen LogP contribution in [-0.2, 0) is 0 Å². The van der Waals surface area contributed by atoms with E-state index in [-0.39, 0.29) is 29.7 Å². The largest absolute Gasteiger partial charge is 0.507 e. The number of hydrogen-bond donors (Lipinski definition) is 3. The topological polar surface area (TPSA) is 78.8 Å². The first-order chi connectivity index (χ1) is 9.62. The number of carbonyl (C=O) groups is 1. The molecule has 0 saturated heterocycles. The predicted octanol–water partition coefficient (Wildman–Crippen LogP) is 1.93. The van der Waals surface area contributed by atoms with Crippen molar-refractivity contribution in [2.45, 2.75) is 26.2 Å². The Morgan fingerprint density at radius 2 is 2.15 bits per heavy atom. The van der Waals surface area contributed by atoms with Crippen molar-refractivity contribution in [2.75, 3.05) is 20.3 Å². The van der Waals surface area contributed by atoms with Crippen molar-refractivity contribution in [3.05, 3.63) is 23.8 Å². The average Bonchev–Trinajstić information content (AvgIpc) is 2.45. The Morgan fingerprint density at radius 1 is 1.40 bits per heavy atom. The monoisotopic (exact) mass is 281 g/mol. The Kier molecular flexibility index (Phi) is 6.87. The number of carbonyl (C=O) groups excluding carboxylic acids is 1. The van der Waals surface area contributed by atoms with Gasteiger partial charge in [-0.25, -0.2) is 0 Å². The van der Waals surface area contributed by atoms with Crippen molar-refractivity contribution in [2.24, 2.45) is 5.92 Å². The lowest BCUT2D eigenvalue weighted by atomic mass is 10.00. The van der Waals surface area contributed by atoms with E-state index in [1.54, 1.807) is 6.07 Å². The van der Waals surface area contributed by atoms with E-state index in [9.17, 15) is 9.90 Å². The van der Waals surface area contributed by atoms with E-state index in [1.165, 1.54) is 19.2 Å². The zero-order chi connectivity index (χ0) is 15.0. The SMILES string of the molecule is CCCC(CCO)CNC(=O)c1cc(OC)ccc1O. The van der Waals surface area contributed by atoms with Gasteiger partial charge in [-0.3, -0.25) is 4.79 Å². The van der Waals surface area contributed by atoms with Crippen LogP contribution >= 0.6 is 0 Å². The van der Waals surface area contributed by atoms with Crippen molar-refractivity contribution in [3.63, 3.8) is 0 Å². The van der Waals surface area contributed by atoms with Crippen LogP contribution in [0.15, 0.2) is 18.2 Å². The Labute approximate surface area is 119 Å². The van der Waals surface area contributed by atoms with E-state index in [4.69, 9.17) is 9.84 Å². The van der Waals surface area contributed by atoms with Gasteiger partial charge >= 0.3 is 0 Å². The van der Waals surface area contributed by atoms with Crippen molar-refractivity contribution < 1.29 is 19.7 Å². The van der Waals surface area contributed by atoms with Gasteiger partial charge in [-0.1, -0.05) is 13.3 Å². The fourth-order valence-corrected chi connectivity index (χ4v) is 2.10. The van der Waals surface area contributed by atoms with Gasteiger partial charge in [-0.2, -0.15) is 0 Å². The minimum Gasteiger partial charge on any atom is -0.507 e. The van der Waals surface area contributed by atoms with Gasteiger partial charge in [0.25, 0.3) is 5.91 Å². The molecule has 0 bridgehead atoms. The molecule has 1 rings (SSSR count). The molecule has 0 aliphatic carbocycles. The number of nitrogens with one attached hydrogen (secondary N) is 1. The number of amides is 1. The fraction of sp³-hybridized carbons (Fsp3) is 0.533. The van der Waals surface area contributed by atoms with Gasteiger partial charge in [0, 0.05) is 13.2 Å². The molecule has 0 spiro atoms. The molecule has 1 aromatic carbocycles. The number of methoxy groups -OCH3 is 1. The van der Waals surface area contributed by atoms with Crippen LogP contribution in [0.4, 0.5) is 0 Å². The van der Waals surface area contributed by atoms with Crippen molar-refractivity contribution in [3.8, 4) is 11.5 Å². The maximum atomic E-state index is 12.1. The molecule has 0 radical (unpaired) electrons. The number of aromatic hydroxyl groups is 1. The normalized spacial score (nSPS) is 11.9. The highest BCUT2D eigenvalue weighted by Crippen LogP contribution is 2.22. The number of aliphatic hydroxyl groups is 1. The standard InChI is InChI=1S/C15H23NO4/c1-3-4-11(7-8-17)10-16-15(19)13-9-12(20-2)5-6-14(13)18/h5-6,9,11,17-18H,3-4,7-8,10H2,1-2H3,(H,16,19). The van der Waals surface area contributed by atoms with Gasteiger partial charge in [0.2, 0.25) is 0 Å². The van der Waals surface area contributed by atoms with Crippen LogP contribution in [0, 0.1) is 5.92 Å². The first-order valence-electron chi connectivity index (χ1n) is 6.88. The number of hydrogen-bond acceptors (Lipinski definition) is 4. The van der Waals surface area contributed by atoms with Gasteiger partial charge in [0.1, 0.15) is 11.5 Å². The van der Waals surface area contributed by atoms with Crippen LogP contribution in [0.25, 0.3) is 0 Å². The summed E-state index contributed by atoms with van der Waals surface area (Å²) >= 11 is 0. The molecule has 0 heterocycles. The summed E-state index contributed by atoms with van der Waals surface area (Å²) in [5.41, 5.74) is 0.198. The number of phenolic OH excluding ortho intramolecular Hbond substituents is 1. The first-order valence-corrected chi connectivity index (χ1v) is 6.88. The lowest BCUT2D eigenvalue weighted by molar-refractivity contribution is 0.0940. The number of phenols is 1. The van der Waals surface area contributed by atoms with Crippen LogP contribution in [0.1, 0.15) is 36.5 Å². The Bertz CT molecular complexity index is 428. The molecule has 0 saturated carbocycles. The third-order valence-electron chi connectivity index (χ3n) is 3.23. The van der Waals surface area contributed by atoms with E-state index >= 15 is 0 Å². The molecule has 1 unspecified atom stereocenters. The minimum atomic E-state index is -0.333. The number of benzene rings is 1. The molecule has 3 N–H and O–H groups in total. The average molecular weight is 281 g/mol. The molecule has 0 aromatic heterocycles. The second-order valence-electron chi connectivity index (χ2n) is 4.76. The Balaban J connectivity index is 2.65. The molecule has 20 heavy (non-hydrogen) atoms. The van der Waals surface area contributed by atoms with Crippen LogP contribution in [-0.4, -0.2) is 36.4 Å². The molecule has 112 valence electrons. The summed E-state index contributed by atoms with van der Waals surface area (Å²) in [4.78, 5) is 12.1. The molecule has 0 aliphatic heterocycles. The molecule has 0 aliphatic rings. The van der Waals surface area contributed by atoms with Gasteiger partial charge in [0.05, 0.1) is 12.7 Å². The van der Waals surface area contributed by atoms with Crippen molar-refractivity contribution in [1.82, 2.24) is 5.32 Å². The molecular weight excluding hydrogens is 258 g/mol. The maximum absolute atomic E-state index is 12.1. The second-order valence-corrected chi connectivity index (χ2v) is 4.76. The highest BCUT2D eigenvalue weighted by Gasteiger charge is 2.14. The summed E-state index contributed by atoms with van der Waals surface area (Å²) < 4.78 is 5.04. The molecule has 1 aromatic rings. The van der Waals surface area contributed by atoms with Crippen LogP contribution in [0.2, 0.25) is 0 Å². The van der Waals surface area contributed by atoms with Crippen LogP contribution in [0.5, 0.6) is 11.5 Å². The lowest BCUT2D eigenvalue weighted by Gasteiger charge is -2.16. The van der Waals surface area contributed by atoms with E-state index in [0.717, 1.165) is 12.8 Å². The maximum Gasteiger partial charge on any atom is 0.255 e. The van der Waals surface area contributed by atoms with Gasteiger partial charge < -0.3 is 20.3 Å². The molecule has 1 atom stereocenters. The predicted molar refractivity (Wildman–Crippen MR) is 77.1 cm³/mol. The van der Waals surface area contributed by atoms with E-state index < -0.39 is 0 Å². The molecule has 0 fully saturated rings. The molecule has 5 heteroatoms. The highest BCUT2D eigenvalue weighted by molar-refractivity contribution is 5.97. The third-order valence-corrected chi connectivity index (χ3v) is 3.23. The summed E-state index contributed by atoms with van der Waals surface area (Å²) in [6, 6.07) is 4.54. The molecule has 1 amide bonds. The zero-order valence-electron chi connectivity index (χ0n) is 12.1. The Hall–Kier alpha value is -1.75. The molecular formula is C15H23NO4. The van der Waals surface area contributed by atoms with Crippen LogP contribution < -0.4 is 10.1 Å². The summed E-state index contributed by atoms with van der Waals surface area (Å²) in [5.74, 6) is 0.369. The lowest BCUT2D eigenvalue weighted by Crippen LogP contribution is -2.29. The third kappa shape index (κ3) is 4.74. The highest BCUT2D eigenvalue weighted by atomic mass is 16.5. The smallest absolute Gasteiger partial charge is 0.255 e. The number of aliphatic hydroxyl groups excluding tert-OH is 1.